The van der Waals surface area contributed by atoms with Gasteiger partial charge in [0.05, 0.1) is 0 Å². The van der Waals surface area contributed by atoms with Crippen LogP contribution in [0.15, 0.2) is 18.2 Å². The number of aromatic hydroxyl groups is 1. The van der Waals surface area contributed by atoms with Gasteiger partial charge in [-0.1, -0.05) is 20.3 Å². The third-order valence-electron chi connectivity index (χ3n) is 4.28. The standard InChI is InChI=1S/C16H23F3N2O2/c1-3-11(2)15(21-8-6-20-7-9-21)13-10-12(4-5-14(13)22)23-16(17,18)19/h4-5,10-11,15,20,22H,3,6-9H2,1-2H3/t11?,15-/m0/s1. The molecule has 130 valence electrons. The van der Waals surface area contributed by atoms with Gasteiger partial charge in [0.25, 0.3) is 0 Å². The Hall–Kier alpha value is -1.47. The summed E-state index contributed by atoms with van der Waals surface area (Å²) in [4.78, 5) is 2.21. The van der Waals surface area contributed by atoms with Gasteiger partial charge < -0.3 is 15.2 Å². The molecule has 0 aliphatic carbocycles. The highest BCUT2D eigenvalue weighted by molar-refractivity contribution is 5.41. The Morgan fingerprint density at radius 3 is 2.52 bits per heavy atom. The molecule has 2 atom stereocenters. The molecular formula is C16H23F3N2O2. The van der Waals surface area contributed by atoms with E-state index in [1.165, 1.54) is 12.1 Å². The second kappa shape index (κ2) is 7.40. The van der Waals surface area contributed by atoms with E-state index in [2.05, 4.69) is 15.0 Å². The second-order valence-corrected chi connectivity index (χ2v) is 5.88. The number of phenols is 1. The van der Waals surface area contributed by atoms with Crippen LogP contribution in [-0.4, -0.2) is 42.5 Å². The van der Waals surface area contributed by atoms with Crippen molar-refractivity contribution in [3.05, 3.63) is 23.8 Å². The third-order valence-corrected chi connectivity index (χ3v) is 4.28. The fourth-order valence-electron chi connectivity index (χ4n) is 3.01. The fourth-order valence-corrected chi connectivity index (χ4v) is 3.01. The highest BCUT2D eigenvalue weighted by Gasteiger charge is 2.33. The lowest BCUT2D eigenvalue weighted by molar-refractivity contribution is -0.274. The van der Waals surface area contributed by atoms with Gasteiger partial charge in [-0.05, 0) is 24.1 Å². The van der Waals surface area contributed by atoms with Crippen molar-refractivity contribution in [3.63, 3.8) is 0 Å². The molecule has 4 nitrogen and oxygen atoms in total. The van der Waals surface area contributed by atoms with Gasteiger partial charge in [-0.2, -0.15) is 0 Å². The molecule has 0 radical (unpaired) electrons. The molecule has 1 aromatic carbocycles. The number of piperazine rings is 1. The number of nitrogens with one attached hydrogen (secondary N) is 1. The molecule has 7 heteroatoms. The normalized spacial score (nSPS) is 19.3. The van der Waals surface area contributed by atoms with Gasteiger partial charge in [0.1, 0.15) is 11.5 Å². The first-order valence-electron chi connectivity index (χ1n) is 7.85. The van der Waals surface area contributed by atoms with Crippen LogP contribution in [0.25, 0.3) is 0 Å². The zero-order valence-electron chi connectivity index (χ0n) is 13.4. The largest absolute Gasteiger partial charge is 0.573 e. The zero-order chi connectivity index (χ0) is 17.0. The molecule has 1 saturated heterocycles. The van der Waals surface area contributed by atoms with Crippen molar-refractivity contribution in [1.29, 1.82) is 0 Å². The summed E-state index contributed by atoms with van der Waals surface area (Å²) in [5.74, 6) is -0.0998. The maximum absolute atomic E-state index is 12.5. The Morgan fingerprint density at radius 2 is 1.96 bits per heavy atom. The van der Waals surface area contributed by atoms with Crippen molar-refractivity contribution in [2.24, 2.45) is 5.92 Å². The van der Waals surface area contributed by atoms with Crippen molar-refractivity contribution in [2.75, 3.05) is 26.2 Å². The van der Waals surface area contributed by atoms with Gasteiger partial charge in [-0.25, -0.2) is 0 Å². The minimum Gasteiger partial charge on any atom is -0.508 e. The topological polar surface area (TPSA) is 44.7 Å². The first-order chi connectivity index (χ1) is 10.8. The summed E-state index contributed by atoms with van der Waals surface area (Å²) in [5, 5.41) is 13.5. The Kier molecular flexibility index (Phi) is 5.75. The predicted molar refractivity (Wildman–Crippen MR) is 81.4 cm³/mol. The zero-order valence-corrected chi connectivity index (χ0v) is 13.4. The Bertz CT molecular complexity index is 517. The summed E-state index contributed by atoms with van der Waals surface area (Å²) in [7, 11) is 0. The van der Waals surface area contributed by atoms with Gasteiger partial charge in [-0.15, -0.1) is 13.2 Å². The molecule has 1 heterocycles. The van der Waals surface area contributed by atoms with Gasteiger partial charge in [-0.3, -0.25) is 4.90 Å². The van der Waals surface area contributed by atoms with Gasteiger partial charge in [0, 0.05) is 37.8 Å². The van der Waals surface area contributed by atoms with Crippen molar-refractivity contribution >= 4 is 0 Å². The molecule has 1 fully saturated rings. The molecular weight excluding hydrogens is 309 g/mol. The van der Waals surface area contributed by atoms with Crippen LogP contribution >= 0.6 is 0 Å². The highest BCUT2D eigenvalue weighted by atomic mass is 19.4. The van der Waals surface area contributed by atoms with E-state index in [9.17, 15) is 18.3 Å². The molecule has 2 rings (SSSR count). The average molecular weight is 332 g/mol. The summed E-state index contributed by atoms with van der Waals surface area (Å²) >= 11 is 0. The first-order valence-corrected chi connectivity index (χ1v) is 7.85. The monoisotopic (exact) mass is 332 g/mol. The predicted octanol–water partition coefficient (Wildman–Crippen LogP) is 3.28. The number of benzene rings is 1. The molecule has 1 aliphatic rings. The van der Waals surface area contributed by atoms with E-state index in [4.69, 9.17) is 0 Å². The van der Waals surface area contributed by atoms with Crippen LogP contribution in [0, 0.1) is 5.92 Å². The summed E-state index contributed by atoms with van der Waals surface area (Å²) in [6, 6.07) is 3.58. The van der Waals surface area contributed by atoms with E-state index < -0.39 is 6.36 Å². The summed E-state index contributed by atoms with van der Waals surface area (Å²) in [6.07, 6.45) is -3.88. The number of halogens is 3. The number of ether oxygens (including phenoxy) is 1. The maximum Gasteiger partial charge on any atom is 0.573 e. The number of alkyl halides is 3. The molecule has 1 aliphatic heterocycles. The second-order valence-electron chi connectivity index (χ2n) is 5.88. The molecule has 0 amide bonds. The van der Waals surface area contributed by atoms with Crippen LogP contribution in [0.3, 0.4) is 0 Å². The SMILES string of the molecule is CCC(C)[C@@H](c1cc(OC(F)(F)F)ccc1O)N1CCNCC1. The van der Waals surface area contributed by atoms with Crippen LogP contribution in [0.1, 0.15) is 31.9 Å². The van der Waals surface area contributed by atoms with Crippen molar-refractivity contribution < 1.29 is 23.0 Å². The molecule has 23 heavy (non-hydrogen) atoms. The van der Waals surface area contributed by atoms with E-state index >= 15 is 0 Å². The number of hydrogen-bond donors (Lipinski definition) is 2. The Labute approximate surface area is 134 Å². The van der Waals surface area contributed by atoms with Gasteiger partial charge in [0.15, 0.2) is 0 Å². The van der Waals surface area contributed by atoms with Crippen molar-refractivity contribution in [1.82, 2.24) is 10.2 Å². The van der Waals surface area contributed by atoms with Crippen LogP contribution < -0.4 is 10.1 Å². The van der Waals surface area contributed by atoms with Gasteiger partial charge >= 0.3 is 6.36 Å². The van der Waals surface area contributed by atoms with Gasteiger partial charge in [0.2, 0.25) is 0 Å². The molecule has 0 spiro atoms. The number of rotatable bonds is 5. The average Bonchev–Trinajstić information content (AvgIpc) is 2.50. The fraction of sp³-hybridized carbons (Fsp3) is 0.625. The number of nitrogens with zero attached hydrogens (tertiary/aromatic N) is 1. The van der Waals surface area contributed by atoms with Crippen molar-refractivity contribution in [2.45, 2.75) is 32.7 Å². The van der Waals surface area contributed by atoms with E-state index in [1.54, 1.807) is 0 Å². The van der Waals surface area contributed by atoms with Crippen LogP contribution in [0.5, 0.6) is 11.5 Å². The van der Waals surface area contributed by atoms with E-state index in [1.807, 2.05) is 13.8 Å². The third kappa shape index (κ3) is 4.75. The Balaban J connectivity index is 2.34. The first kappa shape index (κ1) is 17.9. The maximum atomic E-state index is 12.5. The molecule has 1 unspecified atom stereocenters. The molecule has 0 bridgehead atoms. The molecule has 0 saturated carbocycles. The quantitative estimate of drug-likeness (QED) is 0.868. The lowest BCUT2D eigenvalue weighted by Gasteiger charge is -2.38. The summed E-state index contributed by atoms with van der Waals surface area (Å²) in [6.45, 7) is 7.31. The van der Waals surface area contributed by atoms with Crippen LogP contribution in [0.2, 0.25) is 0 Å². The minimum atomic E-state index is -4.74. The molecule has 2 N–H and O–H groups in total. The smallest absolute Gasteiger partial charge is 0.508 e. The lowest BCUT2D eigenvalue weighted by atomic mass is 9.90. The highest BCUT2D eigenvalue weighted by Crippen LogP contribution is 2.38. The van der Waals surface area contributed by atoms with Crippen molar-refractivity contribution in [3.8, 4) is 11.5 Å². The molecule has 0 aromatic heterocycles. The van der Waals surface area contributed by atoms with E-state index in [0.717, 1.165) is 38.7 Å². The number of phenolic OH excluding ortho intramolecular Hbond substituents is 1. The Morgan fingerprint density at radius 1 is 1.30 bits per heavy atom. The number of hydrogen-bond acceptors (Lipinski definition) is 4. The lowest BCUT2D eigenvalue weighted by Crippen LogP contribution is -2.46. The summed E-state index contributed by atoms with van der Waals surface area (Å²) < 4.78 is 41.4. The van der Waals surface area contributed by atoms with E-state index in [-0.39, 0.29) is 23.5 Å². The van der Waals surface area contributed by atoms with E-state index in [0.29, 0.717) is 5.56 Å². The molecule has 1 aromatic rings. The van der Waals surface area contributed by atoms with Crippen LogP contribution in [-0.2, 0) is 0 Å². The summed E-state index contributed by atoms with van der Waals surface area (Å²) in [5.41, 5.74) is 0.489. The van der Waals surface area contributed by atoms with Crippen LogP contribution in [0.4, 0.5) is 13.2 Å². The minimum absolute atomic E-state index is 0.00311.